The lowest BCUT2D eigenvalue weighted by Gasteiger charge is -2.15. The molecule has 0 amide bonds. The standard InChI is InChI=1S/C11H16BrFN2S/c1-16-3-2-11(15-14)6-8-4-9(12)7-10(13)5-8/h4-5,7,11,15H,2-3,6,14H2,1H3. The second-order valence-corrected chi connectivity index (χ2v) is 5.53. The maximum Gasteiger partial charge on any atom is 0.124 e. The van der Waals surface area contributed by atoms with Crippen LogP contribution in [0.1, 0.15) is 12.0 Å². The van der Waals surface area contributed by atoms with Gasteiger partial charge in [0.15, 0.2) is 0 Å². The number of hydrogen-bond acceptors (Lipinski definition) is 3. The van der Waals surface area contributed by atoms with Crippen molar-refractivity contribution < 1.29 is 4.39 Å². The first-order chi connectivity index (χ1) is 7.65. The van der Waals surface area contributed by atoms with E-state index in [2.05, 4.69) is 27.6 Å². The Bertz CT molecular complexity index is 316. The molecule has 1 unspecified atom stereocenters. The molecular weight excluding hydrogens is 291 g/mol. The molecule has 0 aliphatic carbocycles. The van der Waals surface area contributed by atoms with Crippen LogP contribution in [0.5, 0.6) is 0 Å². The zero-order valence-electron chi connectivity index (χ0n) is 9.17. The summed E-state index contributed by atoms with van der Waals surface area (Å²) in [5.41, 5.74) is 3.73. The smallest absolute Gasteiger partial charge is 0.124 e. The lowest BCUT2D eigenvalue weighted by atomic mass is 10.0. The quantitative estimate of drug-likeness (QED) is 0.627. The predicted octanol–water partition coefficient (Wildman–Crippen LogP) is 2.72. The Hall–Kier alpha value is -0.100. The van der Waals surface area contributed by atoms with Gasteiger partial charge < -0.3 is 0 Å². The van der Waals surface area contributed by atoms with Gasteiger partial charge >= 0.3 is 0 Å². The van der Waals surface area contributed by atoms with Gasteiger partial charge in [-0.3, -0.25) is 11.3 Å². The molecule has 0 bridgehead atoms. The van der Waals surface area contributed by atoms with Crippen LogP contribution in [-0.4, -0.2) is 18.1 Å². The van der Waals surface area contributed by atoms with Gasteiger partial charge in [-0.1, -0.05) is 15.9 Å². The SMILES string of the molecule is CSCCC(Cc1cc(F)cc(Br)c1)NN. The van der Waals surface area contributed by atoms with Crippen LogP contribution in [0.4, 0.5) is 4.39 Å². The van der Waals surface area contributed by atoms with E-state index in [0.717, 1.165) is 28.6 Å². The highest BCUT2D eigenvalue weighted by molar-refractivity contribution is 9.10. The van der Waals surface area contributed by atoms with Crippen molar-refractivity contribution in [2.75, 3.05) is 12.0 Å². The van der Waals surface area contributed by atoms with Crippen molar-refractivity contribution in [3.63, 3.8) is 0 Å². The van der Waals surface area contributed by atoms with E-state index in [-0.39, 0.29) is 11.9 Å². The molecule has 0 aliphatic heterocycles. The number of hydrazine groups is 1. The van der Waals surface area contributed by atoms with E-state index in [4.69, 9.17) is 5.84 Å². The third kappa shape index (κ3) is 4.82. The van der Waals surface area contributed by atoms with Gasteiger partial charge in [-0.05, 0) is 48.6 Å². The van der Waals surface area contributed by atoms with E-state index in [1.54, 1.807) is 17.8 Å². The number of halogens is 2. The molecule has 0 aromatic heterocycles. The van der Waals surface area contributed by atoms with Gasteiger partial charge in [-0.25, -0.2) is 4.39 Å². The first kappa shape index (κ1) is 14.0. The maximum absolute atomic E-state index is 13.1. The molecule has 0 radical (unpaired) electrons. The van der Waals surface area contributed by atoms with E-state index in [1.807, 2.05) is 6.07 Å². The molecule has 3 N–H and O–H groups in total. The highest BCUT2D eigenvalue weighted by Crippen LogP contribution is 2.17. The number of benzene rings is 1. The summed E-state index contributed by atoms with van der Waals surface area (Å²) in [6.07, 6.45) is 3.78. The van der Waals surface area contributed by atoms with Gasteiger partial charge in [0.2, 0.25) is 0 Å². The molecule has 2 nitrogen and oxygen atoms in total. The van der Waals surface area contributed by atoms with E-state index in [0.29, 0.717) is 0 Å². The Labute approximate surface area is 108 Å². The minimum atomic E-state index is -0.218. The average molecular weight is 307 g/mol. The van der Waals surface area contributed by atoms with Crippen LogP contribution in [0.25, 0.3) is 0 Å². The summed E-state index contributed by atoms with van der Waals surface area (Å²) in [5.74, 6) is 6.30. The van der Waals surface area contributed by atoms with E-state index in [9.17, 15) is 4.39 Å². The van der Waals surface area contributed by atoms with Gasteiger partial charge in [-0.2, -0.15) is 11.8 Å². The van der Waals surface area contributed by atoms with Crippen molar-refractivity contribution in [1.82, 2.24) is 5.43 Å². The Morgan fingerprint density at radius 3 is 2.81 bits per heavy atom. The third-order valence-corrected chi connectivity index (χ3v) is 3.41. The van der Waals surface area contributed by atoms with Crippen LogP contribution in [0.2, 0.25) is 0 Å². The Balaban J connectivity index is 2.62. The zero-order chi connectivity index (χ0) is 12.0. The summed E-state index contributed by atoms with van der Waals surface area (Å²) in [6, 6.07) is 5.12. The lowest BCUT2D eigenvalue weighted by molar-refractivity contribution is 0.512. The molecule has 0 saturated carbocycles. The number of thioether (sulfide) groups is 1. The van der Waals surface area contributed by atoms with Gasteiger partial charge in [0, 0.05) is 10.5 Å². The molecule has 1 rings (SSSR count). The highest BCUT2D eigenvalue weighted by atomic mass is 79.9. The number of nitrogens with one attached hydrogen (secondary N) is 1. The second kappa shape index (κ2) is 7.27. The van der Waals surface area contributed by atoms with Crippen molar-refractivity contribution in [3.05, 3.63) is 34.1 Å². The lowest BCUT2D eigenvalue weighted by Crippen LogP contribution is -2.37. The summed E-state index contributed by atoms with van der Waals surface area (Å²) in [4.78, 5) is 0. The van der Waals surface area contributed by atoms with Gasteiger partial charge in [-0.15, -0.1) is 0 Å². The summed E-state index contributed by atoms with van der Waals surface area (Å²) in [7, 11) is 0. The van der Waals surface area contributed by atoms with Crippen LogP contribution in [0, 0.1) is 5.82 Å². The van der Waals surface area contributed by atoms with Gasteiger partial charge in [0.1, 0.15) is 5.82 Å². The molecule has 90 valence electrons. The molecule has 1 aromatic rings. The summed E-state index contributed by atoms with van der Waals surface area (Å²) in [5, 5.41) is 0. The van der Waals surface area contributed by atoms with E-state index in [1.165, 1.54) is 6.07 Å². The maximum atomic E-state index is 13.1. The van der Waals surface area contributed by atoms with Crippen LogP contribution in [-0.2, 0) is 6.42 Å². The largest absolute Gasteiger partial charge is 0.271 e. The normalized spacial score (nSPS) is 12.8. The van der Waals surface area contributed by atoms with E-state index < -0.39 is 0 Å². The van der Waals surface area contributed by atoms with Crippen molar-refractivity contribution in [2.45, 2.75) is 18.9 Å². The van der Waals surface area contributed by atoms with Gasteiger partial charge in [0.25, 0.3) is 0 Å². The fourth-order valence-electron chi connectivity index (χ4n) is 1.52. The Morgan fingerprint density at radius 2 is 2.25 bits per heavy atom. The topological polar surface area (TPSA) is 38.0 Å². The van der Waals surface area contributed by atoms with Crippen LogP contribution in [0.3, 0.4) is 0 Å². The van der Waals surface area contributed by atoms with Gasteiger partial charge in [0.05, 0.1) is 0 Å². The molecule has 5 heteroatoms. The molecule has 0 heterocycles. The summed E-state index contributed by atoms with van der Waals surface area (Å²) in [6.45, 7) is 0. The Kier molecular flexibility index (Phi) is 6.34. The summed E-state index contributed by atoms with van der Waals surface area (Å²) < 4.78 is 13.9. The summed E-state index contributed by atoms with van der Waals surface area (Å²) >= 11 is 5.06. The first-order valence-electron chi connectivity index (χ1n) is 5.05. The third-order valence-electron chi connectivity index (χ3n) is 2.31. The molecule has 16 heavy (non-hydrogen) atoms. The number of hydrogen-bond donors (Lipinski definition) is 2. The minimum Gasteiger partial charge on any atom is -0.271 e. The van der Waals surface area contributed by atoms with E-state index >= 15 is 0 Å². The van der Waals surface area contributed by atoms with Crippen LogP contribution >= 0.6 is 27.7 Å². The minimum absolute atomic E-state index is 0.196. The number of rotatable bonds is 6. The molecule has 1 aromatic carbocycles. The molecule has 0 fully saturated rings. The molecule has 0 saturated heterocycles. The fourth-order valence-corrected chi connectivity index (χ4v) is 2.55. The predicted molar refractivity (Wildman–Crippen MR) is 71.9 cm³/mol. The van der Waals surface area contributed by atoms with Crippen molar-refractivity contribution in [1.29, 1.82) is 0 Å². The first-order valence-corrected chi connectivity index (χ1v) is 7.24. The fraction of sp³-hybridized carbons (Fsp3) is 0.455. The zero-order valence-corrected chi connectivity index (χ0v) is 11.6. The molecule has 1 atom stereocenters. The van der Waals surface area contributed by atoms with Crippen LogP contribution < -0.4 is 11.3 Å². The van der Waals surface area contributed by atoms with Crippen molar-refractivity contribution in [2.24, 2.45) is 5.84 Å². The highest BCUT2D eigenvalue weighted by Gasteiger charge is 2.08. The van der Waals surface area contributed by atoms with Crippen molar-refractivity contribution in [3.8, 4) is 0 Å². The molecule has 0 aliphatic rings. The number of nitrogens with two attached hydrogens (primary N) is 1. The molecule has 0 spiro atoms. The average Bonchev–Trinajstić information content (AvgIpc) is 2.22. The molecular formula is C11H16BrFN2S. The van der Waals surface area contributed by atoms with Crippen molar-refractivity contribution >= 4 is 27.7 Å². The second-order valence-electron chi connectivity index (χ2n) is 3.63. The Morgan fingerprint density at radius 1 is 1.50 bits per heavy atom. The monoisotopic (exact) mass is 306 g/mol. The van der Waals surface area contributed by atoms with Crippen LogP contribution in [0.15, 0.2) is 22.7 Å².